The van der Waals surface area contributed by atoms with Gasteiger partial charge in [0.15, 0.2) is 5.82 Å². The number of tetrazole rings is 1. The minimum absolute atomic E-state index is 0.393. The molecule has 0 saturated carbocycles. The first-order valence-corrected chi connectivity index (χ1v) is 10.4. The van der Waals surface area contributed by atoms with Gasteiger partial charge in [-0.25, -0.2) is 4.98 Å². The monoisotopic (exact) mass is 440 g/mol. The van der Waals surface area contributed by atoms with E-state index in [1.54, 1.807) is 20.4 Å². The quantitative estimate of drug-likeness (QED) is 0.388. The predicted molar refractivity (Wildman–Crippen MR) is 118 cm³/mol. The fourth-order valence-electron chi connectivity index (χ4n) is 3.61. The molecule has 2 atom stereocenters. The van der Waals surface area contributed by atoms with Crippen molar-refractivity contribution in [2.75, 3.05) is 19.5 Å². The van der Waals surface area contributed by atoms with Crippen molar-refractivity contribution in [2.45, 2.75) is 38.6 Å². The molecule has 3 rings (SSSR count). The summed E-state index contributed by atoms with van der Waals surface area (Å²) in [5, 5.41) is 27.1. The summed E-state index contributed by atoms with van der Waals surface area (Å²) in [6.07, 6.45) is 3.48. The first-order chi connectivity index (χ1) is 15.5. The smallest absolute Gasteiger partial charge is 0.307 e. The summed E-state index contributed by atoms with van der Waals surface area (Å²) in [4.78, 5) is 16.3. The molecule has 0 spiro atoms. The van der Waals surface area contributed by atoms with E-state index in [-0.39, 0.29) is 0 Å². The molecule has 32 heavy (non-hydrogen) atoms. The summed E-state index contributed by atoms with van der Waals surface area (Å²) >= 11 is 0. The van der Waals surface area contributed by atoms with Crippen LogP contribution in [0.4, 0.5) is 5.82 Å². The number of hydrogen-bond acceptors (Lipinski definition) is 8. The average Bonchev–Trinajstić information content (AvgIpc) is 3.35. The molecule has 0 bridgehead atoms. The molecule has 10 nitrogen and oxygen atoms in total. The number of aromatic nitrogens is 5. The Morgan fingerprint density at radius 1 is 1.16 bits per heavy atom. The van der Waals surface area contributed by atoms with E-state index in [2.05, 4.69) is 30.9 Å². The Bertz CT molecular complexity index is 972. The second-order valence-corrected chi connectivity index (χ2v) is 7.44. The van der Waals surface area contributed by atoms with E-state index in [1.165, 1.54) is 0 Å². The van der Waals surface area contributed by atoms with Crippen LogP contribution in [0.5, 0.6) is 11.5 Å². The van der Waals surface area contributed by atoms with Gasteiger partial charge in [0.05, 0.1) is 20.1 Å². The van der Waals surface area contributed by atoms with Crippen molar-refractivity contribution in [1.29, 1.82) is 0 Å². The number of carboxylic acid groups (broad SMARTS) is 1. The maximum Gasteiger partial charge on any atom is 0.307 e. The van der Waals surface area contributed by atoms with Gasteiger partial charge in [-0.15, -0.1) is 10.2 Å². The van der Waals surface area contributed by atoms with Gasteiger partial charge in [-0.2, -0.15) is 5.21 Å². The molecule has 0 saturated heterocycles. The number of carbonyl (C=O) groups is 1. The van der Waals surface area contributed by atoms with Crippen LogP contribution in [0.3, 0.4) is 0 Å². The third-order valence-electron chi connectivity index (χ3n) is 5.26. The molecule has 1 unspecified atom stereocenters. The molecule has 10 heteroatoms. The molecule has 0 fully saturated rings. The molecular weight excluding hydrogens is 412 g/mol. The topological polar surface area (TPSA) is 135 Å². The lowest BCUT2D eigenvalue weighted by Gasteiger charge is -2.21. The van der Waals surface area contributed by atoms with E-state index < -0.39 is 17.8 Å². The van der Waals surface area contributed by atoms with Crippen molar-refractivity contribution in [2.24, 2.45) is 5.92 Å². The summed E-state index contributed by atoms with van der Waals surface area (Å²) in [5.74, 6) is 0.695. The van der Waals surface area contributed by atoms with Gasteiger partial charge in [0.25, 0.3) is 0 Å². The van der Waals surface area contributed by atoms with Crippen LogP contribution in [-0.4, -0.2) is 50.9 Å². The Labute approximate surface area is 186 Å². The second kappa shape index (κ2) is 11.1. The normalized spacial score (nSPS) is 12.7. The van der Waals surface area contributed by atoms with Crippen molar-refractivity contribution in [3.63, 3.8) is 0 Å². The number of methoxy groups -OCH3 is 2. The van der Waals surface area contributed by atoms with Crippen molar-refractivity contribution in [1.82, 2.24) is 25.6 Å². The van der Waals surface area contributed by atoms with E-state index in [0.717, 1.165) is 29.0 Å². The Morgan fingerprint density at radius 2 is 1.91 bits per heavy atom. The third-order valence-corrected chi connectivity index (χ3v) is 5.26. The zero-order valence-corrected chi connectivity index (χ0v) is 18.4. The van der Waals surface area contributed by atoms with Crippen molar-refractivity contribution < 1.29 is 19.4 Å². The number of aliphatic carboxylic acids is 1. The Hall–Kier alpha value is -3.69. The lowest BCUT2D eigenvalue weighted by atomic mass is 9.83. The van der Waals surface area contributed by atoms with Gasteiger partial charge in [0, 0.05) is 24.7 Å². The molecule has 0 radical (unpaired) electrons. The molecule has 0 aliphatic heterocycles. The highest BCUT2D eigenvalue weighted by Crippen LogP contribution is 2.30. The van der Waals surface area contributed by atoms with E-state index >= 15 is 0 Å². The van der Waals surface area contributed by atoms with E-state index in [9.17, 15) is 9.90 Å². The number of aromatic amines is 1. The zero-order chi connectivity index (χ0) is 22.9. The van der Waals surface area contributed by atoms with Crippen LogP contribution in [0, 0.1) is 5.92 Å². The molecule has 0 amide bonds. The van der Waals surface area contributed by atoms with Crippen molar-refractivity contribution in [3.05, 3.63) is 53.5 Å². The number of carboxylic acids is 1. The Morgan fingerprint density at radius 3 is 2.44 bits per heavy atom. The van der Waals surface area contributed by atoms with Crippen LogP contribution in [-0.2, 0) is 17.8 Å². The van der Waals surface area contributed by atoms with Gasteiger partial charge in [-0.3, -0.25) is 4.79 Å². The highest BCUT2D eigenvalue weighted by atomic mass is 16.5. The largest absolute Gasteiger partial charge is 0.497 e. The zero-order valence-electron chi connectivity index (χ0n) is 18.4. The minimum Gasteiger partial charge on any atom is -0.497 e. The molecule has 0 aliphatic carbocycles. The van der Waals surface area contributed by atoms with Gasteiger partial charge >= 0.3 is 5.97 Å². The fourth-order valence-corrected chi connectivity index (χ4v) is 3.61. The number of ether oxygens (including phenoxy) is 2. The number of nitrogens with one attached hydrogen (secondary N) is 2. The standard InChI is InChI=1S/C22H28N6O4/c1-4-5-18(22(29)30)19(21-25-27-28-26-21)10-14-6-7-20(23-12-14)24-13-15-8-16(31-2)11-17(9-15)32-3/h6-9,11-12,18-19H,4-5,10,13H2,1-3H3,(H,23,24)(H,29,30)(H,25,26,27,28)/t18-,19?/m0/s1. The molecule has 2 heterocycles. The number of hydrogen-bond donors (Lipinski definition) is 3. The van der Waals surface area contributed by atoms with E-state index in [4.69, 9.17) is 9.47 Å². The third kappa shape index (κ3) is 5.93. The molecule has 0 aliphatic rings. The van der Waals surface area contributed by atoms with Crippen LogP contribution in [0.25, 0.3) is 0 Å². The average molecular weight is 441 g/mol. The summed E-state index contributed by atoms with van der Waals surface area (Å²) in [5.41, 5.74) is 1.89. The lowest BCUT2D eigenvalue weighted by Crippen LogP contribution is -2.25. The first kappa shape index (κ1) is 23.0. The molecule has 1 aromatic carbocycles. The van der Waals surface area contributed by atoms with Gasteiger partial charge in [0.2, 0.25) is 0 Å². The second-order valence-electron chi connectivity index (χ2n) is 7.44. The Kier molecular flexibility index (Phi) is 7.96. The highest BCUT2D eigenvalue weighted by molar-refractivity contribution is 5.71. The van der Waals surface area contributed by atoms with E-state index in [1.807, 2.05) is 37.3 Å². The molecule has 3 aromatic rings. The van der Waals surface area contributed by atoms with E-state index in [0.29, 0.717) is 31.0 Å². The molecular formula is C22H28N6O4. The maximum absolute atomic E-state index is 11.9. The molecule has 170 valence electrons. The lowest BCUT2D eigenvalue weighted by molar-refractivity contribution is -0.142. The number of H-pyrrole nitrogens is 1. The van der Waals surface area contributed by atoms with Crippen LogP contribution in [0.2, 0.25) is 0 Å². The summed E-state index contributed by atoms with van der Waals surface area (Å²) in [6, 6.07) is 9.48. The maximum atomic E-state index is 11.9. The molecule has 3 N–H and O–H groups in total. The first-order valence-electron chi connectivity index (χ1n) is 10.4. The summed E-state index contributed by atoms with van der Waals surface area (Å²) < 4.78 is 10.6. The van der Waals surface area contributed by atoms with Crippen LogP contribution in [0.1, 0.15) is 42.6 Å². The van der Waals surface area contributed by atoms with Crippen LogP contribution < -0.4 is 14.8 Å². The van der Waals surface area contributed by atoms with Gasteiger partial charge in [0.1, 0.15) is 17.3 Å². The predicted octanol–water partition coefficient (Wildman–Crippen LogP) is 3.05. The number of rotatable bonds is 12. The molecule has 2 aromatic heterocycles. The van der Waals surface area contributed by atoms with Crippen molar-refractivity contribution >= 4 is 11.8 Å². The van der Waals surface area contributed by atoms with Crippen LogP contribution >= 0.6 is 0 Å². The van der Waals surface area contributed by atoms with Gasteiger partial charge < -0.3 is 19.9 Å². The fraction of sp³-hybridized carbons (Fsp3) is 0.409. The van der Waals surface area contributed by atoms with Gasteiger partial charge in [-0.05, 0) is 42.2 Å². The minimum atomic E-state index is -0.860. The highest BCUT2D eigenvalue weighted by Gasteiger charge is 2.32. The number of pyridine rings is 1. The van der Waals surface area contributed by atoms with Gasteiger partial charge in [-0.1, -0.05) is 24.6 Å². The van der Waals surface area contributed by atoms with Crippen molar-refractivity contribution in [3.8, 4) is 11.5 Å². The number of benzene rings is 1. The summed E-state index contributed by atoms with van der Waals surface area (Å²) in [7, 11) is 3.23. The Balaban J connectivity index is 1.69. The summed E-state index contributed by atoms with van der Waals surface area (Å²) in [6.45, 7) is 2.51. The van der Waals surface area contributed by atoms with Crippen LogP contribution in [0.15, 0.2) is 36.5 Å². The SMILES string of the molecule is CCC[C@H](C(=O)O)C(Cc1ccc(NCc2cc(OC)cc(OC)c2)nc1)c1nn[nH]n1. The number of anilines is 1. The number of nitrogens with zero attached hydrogens (tertiary/aromatic N) is 4.